The number of benzene rings is 4. The van der Waals surface area contributed by atoms with Crippen LogP contribution in [0.5, 0.6) is 11.5 Å². The molecule has 4 aromatic carbocycles. The summed E-state index contributed by atoms with van der Waals surface area (Å²) in [7, 11) is 2.68. The number of hydrogen-bond donors (Lipinski definition) is 0. The zero-order valence-electron chi connectivity index (χ0n) is 42.5. The maximum Gasteiger partial charge on any atom is 0.337 e. The Morgan fingerprint density at radius 3 is 1.52 bits per heavy atom. The molecule has 0 N–H and O–H groups in total. The van der Waals surface area contributed by atoms with E-state index in [0.29, 0.717) is 11.1 Å². The lowest BCUT2D eigenvalue weighted by Crippen LogP contribution is -2.17. The van der Waals surface area contributed by atoms with E-state index in [1.54, 1.807) is 12.1 Å². The molecular weight excluding hydrogens is 857 g/mol. The molecular formula is C61H74N2O6. The molecule has 6 aromatic rings. The molecule has 0 atom stereocenters. The third-order valence-corrected chi connectivity index (χ3v) is 12.6. The minimum atomic E-state index is -0.453. The summed E-state index contributed by atoms with van der Waals surface area (Å²) in [4.78, 5) is 33.8. The molecule has 0 saturated carbocycles. The molecule has 0 radical (unpaired) electrons. The van der Waals surface area contributed by atoms with Crippen molar-refractivity contribution in [3.63, 3.8) is 0 Å². The molecule has 8 heteroatoms. The van der Waals surface area contributed by atoms with E-state index in [9.17, 15) is 9.59 Å². The van der Waals surface area contributed by atoms with Crippen molar-refractivity contribution >= 4 is 11.9 Å². The predicted molar refractivity (Wildman–Crippen MR) is 280 cm³/mol. The minimum Gasteiger partial charge on any atom is -0.494 e. The second kappa shape index (κ2) is 25.4. The molecule has 0 aliphatic carbocycles. The van der Waals surface area contributed by atoms with Gasteiger partial charge in [0.15, 0.2) is 0 Å². The van der Waals surface area contributed by atoms with Gasteiger partial charge in [-0.25, -0.2) is 14.6 Å². The average molecular weight is 931 g/mol. The summed E-state index contributed by atoms with van der Waals surface area (Å²) < 4.78 is 21.6. The third kappa shape index (κ3) is 16.4. The highest BCUT2D eigenvalue weighted by Gasteiger charge is 2.21. The van der Waals surface area contributed by atoms with Gasteiger partial charge in [0.05, 0.1) is 55.6 Å². The zero-order chi connectivity index (χ0) is 49.2. The number of methoxy groups -OCH3 is 2. The molecule has 4 aliphatic heterocycles. The first kappa shape index (κ1) is 52.1. The first-order valence-corrected chi connectivity index (χ1v) is 25.0. The number of carbonyl (C=O) groups excluding carboxylic acids is 2. The van der Waals surface area contributed by atoms with Crippen LogP contribution in [0.3, 0.4) is 0 Å². The fourth-order valence-corrected chi connectivity index (χ4v) is 8.41. The Hall–Kier alpha value is -6.28. The van der Waals surface area contributed by atoms with Crippen molar-refractivity contribution in [2.45, 2.75) is 136 Å². The first-order valence-electron chi connectivity index (χ1n) is 25.0. The van der Waals surface area contributed by atoms with Gasteiger partial charge >= 0.3 is 11.9 Å². The van der Waals surface area contributed by atoms with Crippen LogP contribution >= 0.6 is 0 Å². The molecule has 0 fully saturated rings. The Labute approximate surface area is 412 Å². The lowest BCUT2D eigenvalue weighted by Gasteiger charge is -2.26. The SMILES string of the molecule is COC(=O)c1cc(CCCCc2cc(C(C)(C)C)cc(C(C)(C)C)c2)cc(C(=O)OC)c1.c1cc2nc(c1)-c1cccc(n1)-c1ccc(cc1)OCCCCCCCCOc1ccc(cc1)CCC2. The summed E-state index contributed by atoms with van der Waals surface area (Å²) in [5, 5.41) is 0. The van der Waals surface area contributed by atoms with Crippen LogP contribution in [0.15, 0.2) is 121 Å². The number of unbranched alkanes of at least 4 members (excludes halogenated alkanes) is 1. The number of pyridine rings is 2. The van der Waals surface area contributed by atoms with Crippen molar-refractivity contribution in [3.05, 3.63) is 166 Å². The van der Waals surface area contributed by atoms with E-state index in [0.717, 1.165) is 116 Å². The fraction of sp³-hybridized carbons (Fsp3) is 0.410. The maximum absolute atomic E-state index is 12.0. The molecule has 0 unspecified atom stereocenters. The highest BCUT2D eigenvalue weighted by Crippen LogP contribution is 2.31. The highest BCUT2D eigenvalue weighted by molar-refractivity contribution is 5.95. The Kier molecular flexibility index (Phi) is 19.2. The molecule has 10 rings (SSSR count). The van der Waals surface area contributed by atoms with E-state index in [2.05, 4.69) is 120 Å². The van der Waals surface area contributed by atoms with Gasteiger partial charge in [-0.05, 0) is 175 Å². The van der Waals surface area contributed by atoms with Crippen LogP contribution in [-0.2, 0) is 46.0 Å². The molecule has 8 nitrogen and oxygen atoms in total. The molecule has 6 heterocycles. The van der Waals surface area contributed by atoms with Crippen LogP contribution in [0.1, 0.15) is 154 Å². The number of rotatable bonds is 7. The summed E-state index contributed by atoms with van der Waals surface area (Å²) >= 11 is 0. The third-order valence-electron chi connectivity index (χ3n) is 12.6. The number of carbonyl (C=O) groups is 2. The number of hydrogen-bond acceptors (Lipinski definition) is 8. The highest BCUT2D eigenvalue weighted by atomic mass is 16.5. The second-order valence-corrected chi connectivity index (χ2v) is 20.3. The Bertz CT molecular complexity index is 2500. The van der Waals surface area contributed by atoms with Gasteiger partial charge in [0.25, 0.3) is 0 Å². The number of ether oxygens (including phenoxy) is 4. The van der Waals surface area contributed by atoms with Crippen LogP contribution in [-0.4, -0.2) is 49.3 Å². The standard InChI is InChI=1S/C33H36N2O2.C28H38O4/c1-2-4-6-25-37-30-22-18-27(19-23-30)31-13-9-15-33(35-31)32-14-8-12-28(34-32)11-7-10-26-16-20-29(21-17-26)36-24-5-3-1;1-27(2,3)23-15-20(16-24(18-23)28(4,5)6)12-10-9-11-19-13-21(25(29)31-7)17-22(14-19)26(30)32-8/h8-9,12-23H,1-7,10-11,24-25H2;13-18H,9-12H2,1-8H3. The summed E-state index contributed by atoms with van der Waals surface area (Å²) in [5.41, 5.74) is 12.3. The zero-order valence-corrected chi connectivity index (χ0v) is 42.5. The van der Waals surface area contributed by atoms with Crippen molar-refractivity contribution in [2.75, 3.05) is 27.4 Å². The summed E-state index contributed by atoms with van der Waals surface area (Å²) in [6.07, 6.45) is 13.9. The first-order chi connectivity index (χ1) is 33.2. The predicted octanol–water partition coefficient (Wildman–Crippen LogP) is 14.5. The van der Waals surface area contributed by atoms with Gasteiger partial charge in [0, 0.05) is 11.3 Å². The van der Waals surface area contributed by atoms with Crippen LogP contribution in [0.4, 0.5) is 0 Å². The number of aromatic nitrogens is 2. The summed E-state index contributed by atoms with van der Waals surface area (Å²) in [6, 6.07) is 41.4. The van der Waals surface area contributed by atoms with E-state index >= 15 is 0 Å². The molecule has 2 aromatic heterocycles. The number of nitrogens with zero attached hydrogens (tertiary/aromatic N) is 2. The van der Waals surface area contributed by atoms with Crippen molar-refractivity contribution in [2.24, 2.45) is 0 Å². The second-order valence-electron chi connectivity index (χ2n) is 20.3. The Balaban J connectivity index is 0.000000230. The van der Waals surface area contributed by atoms with E-state index in [1.807, 2.05) is 24.3 Å². The quantitative estimate of drug-likeness (QED) is 0.115. The van der Waals surface area contributed by atoms with Gasteiger partial charge in [-0.2, -0.15) is 0 Å². The van der Waals surface area contributed by atoms with Crippen LogP contribution in [0, 0.1) is 0 Å². The average Bonchev–Trinajstić information content (AvgIpc) is 3.35. The summed E-state index contributed by atoms with van der Waals surface area (Å²) in [6.45, 7) is 15.1. The van der Waals surface area contributed by atoms with Gasteiger partial charge in [-0.1, -0.05) is 110 Å². The van der Waals surface area contributed by atoms with Crippen molar-refractivity contribution in [3.8, 4) is 34.1 Å². The van der Waals surface area contributed by atoms with E-state index in [-0.39, 0.29) is 10.8 Å². The lowest BCUT2D eigenvalue weighted by molar-refractivity contribution is 0.0599. The number of esters is 2. The van der Waals surface area contributed by atoms with Gasteiger partial charge in [0.2, 0.25) is 0 Å². The normalized spacial score (nSPS) is 13.7. The van der Waals surface area contributed by atoms with Crippen LogP contribution < -0.4 is 9.47 Å². The van der Waals surface area contributed by atoms with Crippen molar-refractivity contribution < 1.29 is 28.5 Å². The fourth-order valence-electron chi connectivity index (χ4n) is 8.41. The topological polar surface area (TPSA) is 96.8 Å². The Morgan fingerprint density at radius 2 is 0.986 bits per heavy atom. The lowest BCUT2D eigenvalue weighted by atomic mass is 9.79. The maximum atomic E-state index is 12.0. The molecule has 0 spiro atoms. The molecule has 0 amide bonds. The van der Waals surface area contributed by atoms with Crippen LogP contribution in [0.25, 0.3) is 22.6 Å². The van der Waals surface area contributed by atoms with Crippen molar-refractivity contribution in [1.29, 1.82) is 0 Å². The smallest absolute Gasteiger partial charge is 0.337 e. The van der Waals surface area contributed by atoms with Gasteiger partial charge in [-0.15, -0.1) is 0 Å². The van der Waals surface area contributed by atoms with Gasteiger partial charge in [0.1, 0.15) is 11.5 Å². The minimum absolute atomic E-state index is 0.106. The van der Waals surface area contributed by atoms with Crippen molar-refractivity contribution in [1.82, 2.24) is 9.97 Å². The summed E-state index contributed by atoms with van der Waals surface area (Å²) in [5.74, 6) is 0.975. The van der Waals surface area contributed by atoms with Crippen LogP contribution in [0.2, 0.25) is 0 Å². The molecule has 8 bridgehead atoms. The largest absolute Gasteiger partial charge is 0.494 e. The molecule has 69 heavy (non-hydrogen) atoms. The molecule has 364 valence electrons. The van der Waals surface area contributed by atoms with E-state index < -0.39 is 11.9 Å². The Morgan fingerprint density at radius 1 is 0.507 bits per heavy atom. The molecule has 4 aliphatic rings. The number of aryl methyl sites for hydroxylation is 4. The van der Waals surface area contributed by atoms with Gasteiger partial charge < -0.3 is 18.9 Å². The monoisotopic (exact) mass is 931 g/mol. The molecule has 0 saturated heterocycles. The van der Waals surface area contributed by atoms with E-state index in [4.69, 9.17) is 28.9 Å². The van der Waals surface area contributed by atoms with E-state index in [1.165, 1.54) is 68.2 Å². The van der Waals surface area contributed by atoms with Gasteiger partial charge in [-0.3, -0.25) is 4.98 Å².